The van der Waals surface area contributed by atoms with Crippen molar-refractivity contribution in [3.05, 3.63) is 65.2 Å². The summed E-state index contributed by atoms with van der Waals surface area (Å²) in [5, 5.41) is 10.5. The van der Waals surface area contributed by atoms with Gasteiger partial charge < -0.3 is 5.11 Å². The van der Waals surface area contributed by atoms with Gasteiger partial charge in [0.1, 0.15) is 11.4 Å². The molecular weight excluding hydrogens is 229 g/mol. The molecule has 0 spiro atoms. The number of hydrogen-bond donors (Lipinski definition) is 1. The number of pyridine rings is 1. The Bertz CT molecular complexity index is 534. The number of aryl methyl sites for hydroxylation is 1. The van der Waals surface area contributed by atoms with E-state index in [0.29, 0.717) is 12.1 Å². The van der Waals surface area contributed by atoms with E-state index in [-0.39, 0.29) is 0 Å². The minimum Gasteiger partial charge on any atom is -0.383 e. The topological polar surface area (TPSA) is 33.1 Å². The first kappa shape index (κ1) is 12.7. The van der Waals surface area contributed by atoms with Gasteiger partial charge in [-0.25, -0.2) is 4.39 Å². The Hall–Kier alpha value is -1.74. The van der Waals surface area contributed by atoms with Crippen LogP contribution in [0.15, 0.2) is 42.6 Å². The quantitative estimate of drug-likeness (QED) is 0.901. The monoisotopic (exact) mass is 245 g/mol. The Morgan fingerprint density at radius 1 is 1.22 bits per heavy atom. The Labute approximate surface area is 106 Å². The molecule has 3 heteroatoms. The average molecular weight is 245 g/mol. The van der Waals surface area contributed by atoms with Crippen LogP contribution in [0.5, 0.6) is 0 Å². The summed E-state index contributed by atoms with van der Waals surface area (Å²) in [6.45, 7) is 3.70. The van der Waals surface area contributed by atoms with Crippen LogP contribution in [-0.4, -0.2) is 10.1 Å². The lowest BCUT2D eigenvalue weighted by Crippen LogP contribution is -2.26. The SMILES string of the molecule is Cc1ccccc1CC(C)(O)c1ccc(F)cn1. The number of rotatable bonds is 3. The number of halogens is 1. The molecule has 2 aromatic rings. The van der Waals surface area contributed by atoms with Crippen molar-refractivity contribution in [2.45, 2.75) is 25.9 Å². The minimum absolute atomic E-state index is 0.398. The van der Waals surface area contributed by atoms with Gasteiger partial charge in [0.15, 0.2) is 0 Å². The number of aromatic nitrogens is 1. The summed E-state index contributed by atoms with van der Waals surface area (Å²) in [5.41, 5.74) is 1.57. The normalized spacial score (nSPS) is 14.2. The first-order valence-corrected chi connectivity index (χ1v) is 5.88. The lowest BCUT2D eigenvalue weighted by molar-refractivity contribution is 0.0527. The summed E-state index contributed by atoms with van der Waals surface area (Å²) >= 11 is 0. The van der Waals surface area contributed by atoms with Crippen molar-refractivity contribution in [2.24, 2.45) is 0 Å². The molecule has 1 unspecified atom stereocenters. The van der Waals surface area contributed by atoms with Gasteiger partial charge in [0, 0.05) is 6.42 Å². The minimum atomic E-state index is -1.10. The van der Waals surface area contributed by atoms with E-state index in [2.05, 4.69) is 4.98 Å². The summed E-state index contributed by atoms with van der Waals surface area (Å²) in [4.78, 5) is 3.95. The molecule has 1 N–H and O–H groups in total. The molecule has 0 saturated heterocycles. The second kappa shape index (κ2) is 4.86. The molecule has 1 heterocycles. The van der Waals surface area contributed by atoms with Crippen molar-refractivity contribution in [1.29, 1.82) is 0 Å². The van der Waals surface area contributed by atoms with Crippen LogP contribution in [0.4, 0.5) is 4.39 Å². The number of aliphatic hydroxyl groups is 1. The third-order valence-corrected chi connectivity index (χ3v) is 3.08. The highest BCUT2D eigenvalue weighted by Gasteiger charge is 2.25. The van der Waals surface area contributed by atoms with Gasteiger partial charge in [0.2, 0.25) is 0 Å². The van der Waals surface area contributed by atoms with E-state index < -0.39 is 11.4 Å². The highest BCUT2D eigenvalue weighted by Crippen LogP contribution is 2.25. The third kappa shape index (κ3) is 2.74. The molecule has 1 atom stereocenters. The van der Waals surface area contributed by atoms with Gasteiger partial charge in [-0.15, -0.1) is 0 Å². The first-order chi connectivity index (χ1) is 8.49. The van der Waals surface area contributed by atoms with E-state index in [4.69, 9.17) is 0 Å². The molecule has 0 aliphatic rings. The van der Waals surface area contributed by atoms with Crippen LogP contribution in [0.2, 0.25) is 0 Å². The first-order valence-electron chi connectivity index (χ1n) is 5.88. The van der Waals surface area contributed by atoms with E-state index in [1.165, 1.54) is 12.1 Å². The van der Waals surface area contributed by atoms with E-state index in [0.717, 1.165) is 17.3 Å². The summed E-state index contributed by atoms with van der Waals surface area (Å²) in [6.07, 6.45) is 1.58. The number of benzene rings is 1. The van der Waals surface area contributed by atoms with Crippen LogP contribution in [0.3, 0.4) is 0 Å². The fraction of sp³-hybridized carbons (Fsp3) is 0.267. The van der Waals surface area contributed by atoms with Crippen molar-refractivity contribution in [1.82, 2.24) is 4.98 Å². The Balaban J connectivity index is 2.27. The molecule has 0 aliphatic heterocycles. The molecule has 2 nitrogen and oxygen atoms in total. The molecule has 1 aromatic heterocycles. The van der Waals surface area contributed by atoms with Gasteiger partial charge in [0.05, 0.1) is 11.9 Å². The predicted octanol–water partition coefficient (Wildman–Crippen LogP) is 2.98. The lowest BCUT2D eigenvalue weighted by atomic mass is 9.91. The molecule has 94 valence electrons. The molecule has 1 aromatic carbocycles. The van der Waals surface area contributed by atoms with E-state index in [1.807, 2.05) is 31.2 Å². The summed E-state index contributed by atoms with van der Waals surface area (Å²) in [6, 6.07) is 10.7. The zero-order valence-electron chi connectivity index (χ0n) is 10.5. The van der Waals surface area contributed by atoms with Gasteiger partial charge in [-0.1, -0.05) is 24.3 Å². The Kier molecular flexibility index (Phi) is 3.43. The fourth-order valence-corrected chi connectivity index (χ4v) is 1.96. The van der Waals surface area contributed by atoms with Crippen LogP contribution in [-0.2, 0) is 12.0 Å². The van der Waals surface area contributed by atoms with Crippen molar-refractivity contribution >= 4 is 0 Å². The molecule has 18 heavy (non-hydrogen) atoms. The summed E-state index contributed by atoms with van der Waals surface area (Å²) < 4.78 is 12.8. The molecular formula is C15H16FNO. The maximum absolute atomic E-state index is 12.8. The second-order valence-electron chi connectivity index (χ2n) is 4.74. The smallest absolute Gasteiger partial charge is 0.141 e. The van der Waals surface area contributed by atoms with E-state index in [9.17, 15) is 9.50 Å². The molecule has 0 bridgehead atoms. The molecule has 0 radical (unpaired) electrons. The number of nitrogens with zero attached hydrogens (tertiary/aromatic N) is 1. The zero-order valence-corrected chi connectivity index (χ0v) is 10.5. The molecule has 0 fully saturated rings. The van der Waals surface area contributed by atoms with Crippen LogP contribution >= 0.6 is 0 Å². The molecule has 0 saturated carbocycles. The van der Waals surface area contributed by atoms with Gasteiger partial charge in [-0.3, -0.25) is 4.98 Å². The van der Waals surface area contributed by atoms with Crippen molar-refractivity contribution < 1.29 is 9.50 Å². The largest absolute Gasteiger partial charge is 0.383 e. The lowest BCUT2D eigenvalue weighted by Gasteiger charge is -2.23. The van der Waals surface area contributed by atoms with Crippen LogP contribution in [0.25, 0.3) is 0 Å². The Morgan fingerprint density at radius 3 is 2.56 bits per heavy atom. The maximum Gasteiger partial charge on any atom is 0.141 e. The maximum atomic E-state index is 12.8. The molecule has 0 aliphatic carbocycles. The van der Waals surface area contributed by atoms with Crippen molar-refractivity contribution in [2.75, 3.05) is 0 Å². The highest BCUT2D eigenvalue weighted by molar-refractivity contribution is 5.28. The second-order valence-corrected chi connectivity index (χ2v) is 4.74. The van der Waals surface area contributed by atoms with Crippen LogP contribution in [0.1, 0.15) is 23.7 Å². The van der Waals surface area contributed by atoms with Crippen molar-refractivity contribution in [3.8, 4) is 0 Å². The Morgan fingerprint density at radius 2 is 1.94 bits per heavy atom. The van der Waals surface area contributed by atoms with Crippen LogP contribution in [0, 0.1) is 12.7 Å². The fourth-order valence-electron chi connectivity index (χ4n) is 1.96. The van der Waals surface area contributed by atoms with Crippen molar-refractivity contribution in [3.63, 3.8) is 0 Å². The summed E-state index contributed by atoms with van der Waals surface area (Å²) in [7, 11) is 0. The average Bonchev–Trinajstić information content (AvgIpc) is 2.32. The predicted molar refractivity (Wildman–Crippen MR) is 68.6 cm³/mol. The van der Waals surface area contributed by atoms with E-state index in [1.54, 1.807) is 6.92 Å². The van der Waals surface area contributed by atoms with Crippen LogP contribution < -0.4 is 0 Å². The van der Waals surface area contributed by atoms with E-state index >= 15 is 0 Å². The zero-order chi connectivity index (χ0) is 13.2. The molecule has 0 amide bonds. The van der Waals surface area contributed by atoms with Gasteiger partial charge >= 0.3 is 0 Å². The third-order valence-electron chi connectivity index (χ3n) is 3.08. The van der Waals surface area contributed by atoms with Gasteiger partial charge in [-0.05, 0) is 37.1 Å². The van der Waals surface area contributed by atoms with Gasteiger partial charge in [0.25, 0.3) is 0 Å². The van der Waals surface area contributed by atoms with Gasteiger partial charge in [-0.2, -0.15) is 0 Å². The standard InChI is InChI=1S/C15H16FNO/c1-11-5-3-4-6-12(11)9-15(2,18)14-8-7-13(16)10-17-14/h3-8,10,18H,9H2,1-2H3. The summed E-state index contributed by atoms with van der Waals surface area (Å²) in [5.74, 6) is -0.398. The highest BCUT2D eigenvalue weighted by atomic mass is 19.1. The molecule has 2 rings (SSSR count). The number of hydrogen-bond acceptors (Lipinski definition) is 2.